The zero-order chi connectivity index (χ0) is 19.5. The lowest BCUT2D eigenvalue weighted by Gasteiger charge is -2.30. The molecule has 3 aromatic rings. The van der Waals surface area contributed by atoms with Crippen LogP contribution in [0.15, 0.2) is 53.7 Å². The molecule has 146 valence electrons. The first-order valence-corrected chi connectivity index (χ1v) is 10.5. The van der Waals surface area contributed by atoms with Crippen LogP contribution in [0.1, 0.15) is 18.1 Å². The molecule has 0 unspecified atom stereocenters. The van der Waals surface area contributed by atoms with Gasteiger partial charge in [0.15, 0.2) is 5.16 Å². The first-order chi connectivity index (χ1) is 13.7. The maximum absolute atomic E-state index is 13.1. The minimum absolute atomic E-state index is 0.171. The van der Waals surface area contributed by atoms with Gasteiger partial charge in [0.05, 0.1) is 22.9 Å². The molecule has 1 aliphatic heterocycles. The number of methoxy groups -OCH3 is 1. The van der Waals surface area contributed by atoms with Crippen molar-refractivity contribution in [2.75, 3.05) is 20.3 Å². The number of carbonyl (C=O) groups is 1. The number of hydrogen-bond donors (Lipinski definition) is 0. The monoisotopic (exact) mass is 395 g/mol. The Hall–Kier alpha value is -2.31. The van der Waals surface area contributed by atoms with Gasteiger partial charge in [-0.3, -0.25) is 4.79 Å². The minimum Gasteiger partial charge on any atom is -0.383 e. The van der Waals surface area contributed by atoms with Crippen LogP contribution in [0.3, 0.4) is 0 Å². The number of fused-ring (bicyclic) bond motifs is 2. The highest BCUT2D eigenvalue weighted by Crippen LogP contribution is 2.29. The summed E-state index contributed by atoms with van der Waals surface area (Å²) in [6, 6.07) is 16.5. The molecule has 2 aromatic carbocycles. The number of benzene rings is 2. The Balaban J connectivity index is 1.52. The van der Waals surface area contributed by atoms with E-state index in [4.69, 9.17) is 9.72 Å². The molecule has 0 N–H and O–H groups in total. The molecule has 1 amide bonds. The van der Waals surface area contributed by atoms with Crippen LogP contribution in [-0.4, -0.2) is 45.9 Å². The van der Waals surface area contributed by atoms with Crippen LogP contribution in [0.25, 0.3) is 11.0 Å². The number of nitrogens with zero attached hydrogens (tertiary/aromatic N) is 3. The first kappa shape index (κ1) is 19.0. The van der Waals surface area contributed by atoms with E-state index in [0.29, 0.717) is 13.2 Å². The quantitative estimate of drug-likeness (QED) is 0.597. The lowest BCUT2D eigenvalue weighted by molar-refractivity contribution is -0.131. The van der Waals surface area contributed by atoms with E-state index in [1.807, 2.05) is 36.1 Å². The highest BCUT2D eigenvalue weighted by molar-refractivity contribution is 8.00. The lowest BCUT2D eigenvalue weighted by atomic mass is 10.00. The molecule has 1 aromatic heterocycles. The second kappa shape index (κ2) is 8.37. The van der Waals surface area contributed by atoms with Crippen LogP contribution in [0.4, 0.5) is 0 Å². The van der Waals surface area contributed by atoms with Crippen LogP contribution in [-0.2, 0) is 29.0 Å². The van der Waals surface area contributed by atoms with E-state index < -0.39 is 0 Å². The number of para-hydroxylation sites is 2. The zero-order valence-corrected chi connectivity index (χ0v) is 17.1. The van der Waals surface area contributed by atoms with Crippen molar-refractivity contribution in [3.05, 3.63) is 59.7 Å². The molecule has 2 heterocycles. The predicted molar refractivity (Wildman–Crippen MR) is 112 cm³/mol. The molecule has 1 aliphatic rings. The Morgan fingerprint density at radius 1 is 1.18 bits per heavy atom. The van der Waals surface area contributed by atoms with Gasteiger partial charge < -0.3 is 14.2 Å². The first-order valence-electron chi connectivity index (χ1n) is 9.64. The Morgan fingerprint density at radius 3 is 2.75 bits per heavy atom. The van der Waals surface area contributed by atoms with Gasteiger partial charge in [-0.05, 0) is 36.6 Å². The normalized spacial score (nSPS) is 14.9. The second-order valence-electron chi connectivity index (χ2n) is 7.07. The van der Waals surface area contributed by atoms with E-state index in [9.17, 15) is 4.79 Å². The summed E-state index contributed by atoms with van der Waals surface area (Å²) in [5, 5.41) is 0.680. The molecule has 0 saturated heterocycles. The maximum atomic E-state index is 13.1. The average molecular weight is 396 g/mol. The van der Waals surface area contributed by atoms with E-state index in [1.54, 1.807) is 7.11 Å². The van der Waals surface area contributed by atoms with Crippen molar-refractivity contribution < 1.29 is 9.53 Å². The van der Waals surface area contributed by atoms with E-state index in [-0.39, 0.29) is 11.2 Å². The van der Waals surface area contributed by atoms with Crippen molar-refractivity contribution in [1.82, 2.24) is 14.5 Å². The molecule has 6 heteroatoms. The summed E-state index contributed by atoms with van der Waals surface area (Å²) >= 11 is 1.53. The SMILES string of the molecule is COCCn1c(S[C@@H](C)C(=O)N2CCc3ccccc3C2)nc2ccccc21. The fourth-order valence-electron chi connectivity index (χ4n) is 3.69. The third-order valence-electron chi connectivity index (χ3n) is 5.21. The van der Waals surface area contributed by atoms with Crippen molar-refractivity contribution in [1.29, 1.82) is 0 Å². The number of rotatable bonds is 6. The highest BCUT2D eigenvalue weighted by atomic mass is 32.2. The summed E-state index contributed by atoms with van der Waals surface area (Å²) in [4.78, 5) is 19.8. The van der Waals surface area contributed by atoms with Crippen LogP contribution < -0.4 is 0 Å². The average Bonchev–Trinajstić information content (AvgIpc) is 3.08. The smallest absolute Gasteiger partial charge is 0.236 e. The second-order valence-corrected chi connectivity index (χ2v) is 8.37. The van der Waals surface area contributed by atoms with Gasteiger partial charge in [-0.1, -0.05) is 48.2 Å². The summed E-state index contributed by atoms with van der Waals surface area (Å²) in [7, 11) is 1.70. The van der Waals surface area contributed by atoms with E-state index in [2.05, 4.69) is 28.8 Å². The minimum atomic E-state index is -0.191. The van der Waals surface area contributed by atoms with Gasteiger partial charge in [-0.15, -0.1) is 0 Å². The van der Waals surface area contributed by atoms with Crippen LogP contribution in [0.5, 0.6) is 0 Å². The molecule has 5 nitrogen and oxygen atoms in total. The third-order valence-corrected chi connectivity index (χ3v) is 6.29. The molecule has 28 heavy (non-hydrogen) atoms. The molecule has 1 atom stereocenters. The number of thioether (sulfide) groups is 1. The Labute approximate surface area is 169 Å². The Bertz CT molecular complexity index is 985. The van der Waals surface area contributed by atoms with Crippen LogP contribution in [0.2, 0.25) is 0 Å². The fourth-order valence-corrected chi connectivity index (χ4v) is 4.73. The van der Waals surface area contributed by atoms with Gasteiger partial charge in [-0.2, -0.15) is 0 Å². The maximum Gasteiger partial charge on any atom is 0.236 e. The number of hydrogen-bond acceptors (Lipinski definition) is 4. The van der Waals surface area contributed by atoms with Crippen molar-refractivity contribution in [3.63, 3.8) is 0 Å². The third kappa shape index (κ3) is 3.80. The van der Waals surface area contributed by atoms with Crippen molar-refractivity contribution in [2.24, 2.45) is 0 Å². The Morgan fingerprint density at radius 2 is 1.93 bits per heavy atom. The van der Waals surface area contributed by atoms with Gasteiger partial charge in [0.1, 0.15) is 0 Å². The molecule has 0 saturated carbocycles. The number of ether oxygens (including phenoxy) is 1. The van der Waals surface area contributed by atoms with Gasteiger partial charge in [-0.25, -0.2) is 4.98 Å². The Kier molecular flexibility index (Phi) is 5.69. The van der Waals surface area contributed by atoms with Crippen LogP contribution >= 0.6 is 11.8 Å². The van der Waals surface area contributed by atoms with Crippen molar-refractivity contribution in [3.8, 4) is 0 Å². The molecule has 0 aliphatic carbocycles. The van der Waals surface area contributed by atoms with E-state index in [1.165, 1.54) is 22.9 Å². The number of carbonyl (C=O) groups excluding carboxylic acids is 1. The largest absolute Gasteiger partial charge is 0.383 e. The summed E-state index contributed by atoms with van der Waals surface area (Å²) < 4.78 is 7.42. The summed E-state index contributed by atoms with van der Waals surface area (Å²) in [6.45, 7) is 4.78. The zero-order valence-electron chi connectivity index (χ0n) is 16.3. The summed E-state index contributed by atoms with van der Waals surface area (Å²) in [6.07, 6.45) is 0.922. The van der Waals surface area contributed by atoms with Crippen LogP contribution in [0, 0.1) is 0 Å². The van der Waals surface area contributed by atoms with E-state index in [0.717, 1.165) is 35.7 Å². The molecular weight excluding hydrogens is 370 g/mol. The molecule has 0 bridgehead atoms. The van der Waals surface area contributed by atoms with Crippen molar-refractivity contribution >= 4 is 28.7 Å². The number of amides is 1. The fraction of sp³-hybridized carbons (Fsp3) is 0.364. The number of aromatic nitrogens is 2. The molecule has 0 spiro atoms. The van der Waals surface area contributed by atoms with Gasteiger partial charge >= 0.3 is 0 Å². The summed E-state index contributed by atoms with van der Waals surface area (Å²) in [5.74, 6) is 0.171. The molecule has 4 rings (SSSR count). The number of imidazole rings is 1. The van der Waals surface area contributed by atoms with Gasteiger partial charge in [0, 0.05) is 26.7 Å². The van der Waals surface area contributed by atoms with E-state index >= 15 is 0 Å². The summed E-state index contributed by atoms with van der Waals surface area (Å²) in [5.41, 5.74) is 4.64. The topological polar surface area (TPSA) is 47.4 Å². The molecule has 0 fully saturated rings. The van der Waals surface area contributed by atoms with Gasteiger partial charge in [0.25, 0.3) is 0 Å². The molecule has 0 radical (unpaired) electrons. The van der Waals surface area contributed by atoms with Crippen molar-refractivity contribution in [2.45, 2.75) is 36.8 Å². The predicted octanol–water partition coefficient (Wildman–Crippen LogP) is 3.75. The molecular formula is C22H25N3O2S. The van der Waals surface area contributed by atoms with Gasteiger partial charge in [0.2, 0.25) is 5.91 Å². The highest BCUT2D eigenvalue weighted by Gasteiger charge is 2.26. The lowest BCUT2D eigenvalue weighted by Crippen LogP contribution is -2.40. The standard InChI is InChI=1S/C22H25N3O2S/c1-16(21(26)24-12-11-17-7-3-4-8-18(17)15-24)28-22-23-19-9-5-6-10-20(19)25(22)13-14-27-2/h3-10,16H,11-15H2,1-2H3/t16-/m0/s1.